The molecule has 0 spiro atoms. The van der Waals surface area contributed by atoms with Crippen molar-refractivity contribution in [2.45, 2.75) is 37.9 Å². The van der Waals surface area contributed by atoms with E-state index in [0.29, 0.717) is 17.5 Å². The fourth-order valence-corrected chi connectivity index (χ4v) is 3.03. The SMILES string of the molecule is CNC1CCC(c2ccc(C(F)(F)F)c(F)c2)C1C. The van der Waals surface area contributed by atoms with Crippen LogP contribution in [0.5, 0.6) is 0 Å². The number of hydrogen-bond acceptors (Lipinski definition) is 1. The van der Waals surface area contributed by atoms with Gasteiger partial charge in [0.2, 0.25) is 0 Å². The van der Waals surface area contributed by atoms with Gasteiger partial charge in [-0.05, 0) is 49.4 Å². The summed E-state index contributed by atoms with van der Waals surface area (Å²) in [5.74, 6) is -0.763. The smallest absolute Gasteiger partial charge is 0.317 e. The third-order valence-electron chi connectivity index (χ3n) is 4.16. The zero-order valence-electron chi connectivity index (χ0n) is 10.9. The molecule has 106 valence electrons. The molecule has 0 saturated heterocycles. The van der Waals surface area contributed by atoms with Gasteiger partial charge in [0.05, 0.1) is 5.56 Å². The van der Waals surface area contributed by atoms with Crippen LogP contribution in [0.15, 0.2) is 18.2 Å². The van der Waals surface area contributed by atoms with Gasteiger partial charge in [0.25, 0.3) is 0 Å². The van der Waals surface area contributed by atoms with Crippen LogP contribution in [0.4, 0.5) is 17.6 Å². The molecule has 5 heteroatoms. The maximum Gasteiger partial charge on any atom is 0.419 e. The Morgan fingerprint density at radius 3 is 2.37 bits per heavy atom. The first kappa shape index (κ1) is 14.3. The van der Waals surface area contributed by atoms with Gasteiger partial charge in [-0.1, -0.05) is 13.0 Å². The van der Waals surface area contributed by atoms with E-state index in [1.54, 1.807) is 0 Å². The largest absolute Gasteiger partial charge is 0.419 e. The molecule has 1 aliphatic carbocycles. The van der Waals surface area contributed by atoms with Crippen LogP contribution in [0, 0.1) is 11.7 Å². The van der Waals surface area contributed by atoms with Crippen LogP contribution >= 0.6 is 0 Å². The van der Waals surface area contributed by atoms with Crippen molar-refractivity contribution in [3.05, 3.63) is 35.1 Å². The molecule has 0 amide bonds. The Labute approximate surface area is 110 Å². The minimum atomic E-state index is -4.63. The molecule has 1 N–H and O–H groups in total. The lowest BCUT2D eigenvalue weighted by molar-refractivity contribution is -0.140. The molecule has 1 aliphatic rings. The molecule has 0 heterocycles. The quantitative estimate of drug-likeness (QED) is 0.806. The van der Waals surface area contributed by atoms with Crippen molar-refractivity contribution in [2.75, 3.05) is 7.05 Å². The number of rotatable bonds is 2. The Bertz CT molecular complexity index is 455. The molecule has 0 bridgehead atoms. The van der Waals surface area contributed by atoms with Gasteiger partial charge in [-0.25, -0.2) is 4.39 Å². The first-order chi connectivity index (χ1) is 8.84. The Kier molecular flexibility index (Phi) is 3.85. The van der Waals surface area contributed by atoms with Crippen LogP contribution in [0.3, 0.4) is 0 Å². The molecule has 1 aromatic carbocycles. The number of alkyl halides is 3. The summed E-state index contributed by atoms with van der Waals surface area (Å²) in [5, 5.41) is 3.19. The maximum absolute atomic E-state index is 13.6. The van der Waals surface area contributed by atoms with Gasteiger partial charge in [0, 0.05) is 6.04 Å². The third-order valence-corrected chi connectivity index (χ3v) is 4.16. The van der Waals surface area contributed by atoms with Gasteiger partial charge >= 0.3 is 6.18 Å². The number of benzene rings is 1. The summed E-state index contributed by atoms with van der Waals surface area (Å²) in [6.45, 7) is 2.05. The molecule has 0 aromatic heterocycles. The normalized spacial score (nSPS) is 27.8. The number of halogens is 4. The van der Waals surface area contributed by atoms with Gasteiger partial charge in [-0.15, -0.1) is 0 Å². The predicted molar refractivity (Wildman–Crippen MR) is 65.4 cm³/mol. The molecule has 0 aliphatic heterocycles. The number of nitrogens with one attached hydrogen (secondary N) is 1. The van der Waals surface area contributed by atoms with Crippen LogP contribution in [0.2, 0.25) is 0 Å². The summed E-state index contributed by atoms with van der Waals surface area (Å²) in [4.78, 5) is 0. The Morgan fingerprint density at radius 2 is 1.89 bits per heavy atom. The highest BCUT2D eigenvalue weighted by atomic mass is 19.4. The summed E-state index contributed by atoms with van der Waals surface area (Å²) in [7, 11) is 1.87. The standard InChI is InChI=1S/C14H17F4N/c1-8-10(4-6-13(8)19-2)9-3-5-11(12(15)7-9)14(16,17)18/h3,5,7-8,10,13,19H,4,6H2,1-2H3. The van der Waals surface area contributed by atoms with Crippen molar-refractivity contribution in [3.8, 4) is 0 Å². The average Bonchev–Trinajstić information content (AvgIpc) is 2.68. The fourth-order valence-electron chi connectivity index (χ4n) is 3.03. The van der Waals surface area contributed by atoms with Crippen LogP contribution in [-0.2, 0) is 6.18 Å². The van der Waals surface area contributed by atoms with Crippen LogP contribution in [0.25, 0.3) is 0 Å². The molecule has 2 rings (SSSR count). The monoisotopic (exact) mass is 275 g/mol. The first-order valence-electron chi connectivity index (χ1n) is 6.38. The minimum Gasteiger partial charge on any atom is -0.317 e. The highest BCUT2D eigenvalue weighted by molar-refractivity contribution is 5.30. The molecular formula is C14H17F4N. The van der Waals surface area contributed by atoms with Crippen molar-refractivity contribution >= 4 is 0 Å². The summed E-state index contributed by atoms with van der Waals surface area (Å²) in [6, 6.07) is 3.65. The zero-order chi connectivity index (χ0) is 14.2. The van der Waals surface area contributed by atoms with Gasteiger partial charge in [0.1, 0.15) is 5.82 Å². The maximum atomic E-state index is 13.6. The van der Waals surface area contributed by atoms with E-state index in [1.807, 2.05) is 7.05 Å². The van der Waals surface area contributed by atoms with Gasteiger partial charge in [-0.2, -0.15) is 13.2 Å². The topological polar surface area (TPSA) is 12.0 Å². The summed E-state index contributed by atoms with van der Waals surface area (Å²) in [5.41, 5.74) is -0.525. The molecule has 3 atom stereocenters. The average molecular weight is 275 g/mol. The van der Waals surface area contributed by atoms with Crippen molar-refractivity contribution in [3.63, 3.8) is 0 Å². The van der Waals surface area contributed by atoms with E-state index in [-0.39, 0.29) is 5.92 Å². The summed E-state index contributed by atoms with van der Waals surface area (Å²) >= 11 is 0. The van der Waals surface area contributed by atoms with E-state index >= 15 is 0 Å². The lowest BCUT2D eigenvalue weighted by Crippen LogP contribution is -2.28. The van der Waals surface area contributed by atoms with Gasteiger partial charge in [-0.3, -0.25) is 0 Å². The lowest BCUT2D eigenvalue weighted by Gasteiger charge is -2.21. The second-order valence-electron chi connectivity index (χ2n) is 5.18. The van der Waals surface area contributed by atoms with E-state index < -0.39 is 17.6 Å². The van der Waals surface area contributed by atoms with E-state index in [2.05, 4.69) is 12.2 Å². The van der Waals surface area contributed by atoms with Crippen LogP contribution < -0.4 is 5.32 Å². The van der Waals surface area contributed by atoms with Gasteiger partial charge in [0.15, 0.2) is 0 Å². The van der Waals surface area contributed by atoms with E-state index in [4.69, 9.17) is 0 Å². The first-order valence-corrected chi connectivity index (χ1v) is 6.38. The molecule has 3 unspecified atom stereocenters. The van der Waals surface area contributed by atoms with Crippen LogP contribution in [0.1, 0.15) is 36.8 Å². The Balaban J connectivity index is 2.26. The highest BCUT2D eigenvalue weighted by Gasteiger charge is 2.36. The second-order valence-corrected chi connectivity index (χ2v) is 5.18. The zero-order valence-corrected chi connectivity index (χ0v) is 10.9. The summed E-state index contributed by atoms with van der Waals surface area (Å²) in [6.07, 6.45) is -2.79. The number of hydrogen-bond donors (Lipinski definition) is 1. The molecule has 19 heavy (non-hydrogen) atoms. The molecular weight excluding hydrogens is 258 g/mol. The van der Waals surface area contributed by atoms with Crippen LogP contribution in [-0.4, -0.2) is 13.1 Å². The molecule has 1 saturated carbocycles. The molecule has 0 radical (unpaired) electrons. The Hall–Kier alpha value is -1.10. The lowest BCUT2D eigenvalue weighted by atomic mass is 9.88. The third kappa shape index (κ3) is 2.76. The molecule has 1 nitrogen and oxygen atoms in total. The molecule has 1 aromatic rings. The van der Waals surface area contributed by atoms with E-state index in [0.717, 1.165) is 25.0 Å². The predicted octanol–water partition coefficient (Wildman–Crippen LogP) is 3.95. The van der Waals surface area contributed by atoms with E-state index in [9.17, 15) is 17.6 Å². The summed E-state index contributed by atoms with van der Waals surface area (Å²) < 4.78 is 51.1. The highest BCUT2D eigenvalue weighted by Crippen LogP contribution is 2.41. The Morgan fingerprint density at radius 1 is 1.21 bits per heavy atom. The van der Waals surface area contributed by atoms with Crippen molar-refractivity contribution in [2.24, 2.45) is 5.92 Å². The van der Waals surface area contributed by atoms with Crippen molar-refractivity contribution in [1.29, 1.82) is 0 Å². The minimum absolute atomic E-state index is 0.120. The second kappa shape index (κ2) is 5.12. The fraction of sp³-hybridized carbons (Fsp3) is 0.571. The van der Waals surface area contributed by atoms with Crippen molar-refractivity contribution < 1.29 is 17.6 Å². The van der Waals surface area contributed by atoms with E-state index in [1.165, 1.54) is 6.07 Å². The molecule has 1 fully saturated rings. The van der Waals surface area contributed by atoms with Gasteiger partial charge < -0.3 is 5.32 Å². The van der Waals surface area contributed by atoms with Crippen molar-refractivity contribution in [1.82, 2.24) is 5.32 Å².